The summed E-state index contributed by atoms with van der Waals surface area (Å²) in [5, 5.41) is 9.03. The Labute approximate surface area is 164 Å². The fourth-order valence-electron chi connectivity index (χ4n) is 3.25. The van der Waals surface area contributed by atoms with Gasteiger partial charge in [-0.1, -0.05) is 25.1 Å². The predicted octanol–water partition coefficient (Wildman–Crippen LogP) is 2.59. The molecule has 0 aliphatic carbocycles. The molecule has 0 bridgehead atoms. The first-order valence-corrected chi connectivity index (χ1v) is 10.4. The molecule has 0 radical (unpaired) electrons. The van der Waals surface area contributed by atoms with Crippen LogP contribution >= 0.6 is 11.3 Å². The molecule has 0 aromatic carbocycles. The van der Waals surface area contributed by atoms with Gasteiger partial charge in [0, 0.05) is 38.5 Å². The van der Waals surface area contributed by atoms with Crippen molar-refractivity contribution in [3.63, 3.8) is 0 Å². The van der Waals surface area contributed by atoms with Crippen molar-refractivity contribution in [3.05, 3.63) is 23.4 Å². The van der Waals surface area contributed by atoms with Crippen LogP contribution in [0.2, 0.25) is 0 Å². The third-order valence-electron chi connectivity index (χ3n) is 4.62. The first kappa shape index (κ1) is 20.0. The Kier molecular flexibility index (Phi) is 7.37. The summed E-state index contributed by atoms with van der Waals surface area (Å²) < 4.78 is 10.7. The molecule has 0 saturated carbocycles. The lowest BCUT2D eigenvalue weighted by molar-refractivity contribution is -0.121. The monoisotopic (exact) mass is 392 g/mol. The highest BCUT2D eigenvalue weighted by molar-refractivity contribution is 7.13. The standard InChI is InChI=1S/C19H28N4O3S/c1-14(2)12-15(23-7-9-25-10-8-23)13-20-17(24)5-6-18-21-19(22-26-18)16-4-3-11-27-16/h3-4,11,14-15H,5-10,12-13H2,1-2H3,(H,20,24). The number of carbonyl (C=O) groups excluding carboxylic acids is 1. The lowest BCUT2D eigenvalue weighted by atomic mass is 10.0. The maximum Gasteiger partial charge on any atom is 0.227 e. The van der Waals surface area contributed by atoms with Crippen molar-refractivity contribution in [1.82, 2.24) is 20.4 Å². The number of hydrogen-bond donors (Lipinski definition) is 1. The number of carbonyl (C=O) groups is 1. The van der Waals surface area contributed by atoms with Crippen molar-refractivity contribution in [2.75, 3.05) is 32.8 Å². The SMILES string of the molecule is CC(C)CC(CNC(=O)CCc1nc(-c2cccs2)no1)N1CCOCC1. The maximum atomic E-state index is 12.3. The Morgan fingerprint density at radius 2 is 2.19 bits per heavy atom. The molecule has 1 fully saturated rings. The zero-order valence-corrected chi connectivity index (χ0v) is 16.8. The quantitative estimate of drug-likeness (QED) is 0.706. The predicted molar refractivity (Wildman–Crippen MR) is 105 cm³/mol. The number of morpholine rings is 1. The van der Waals surface area contributed by atoms with E-state index in [1.807, 2.05) is 17.5 Å². The second-order valence-electron chi connectivity index (χ2n) is 7.22. The molecule has 0 spiro atoms. The molecule has 27 heavy (non-hydrogen) atoms. The maximum absolute atomic E-state index is 12.3. The molecule has 1 aliphatic rings. The number of amides is 1. The Hall–Kier alpha value is -1.77. The Balaban J connectivity index is 1.45. The zero-order chi connectivity index (χ0) is 19.1. The molecule has 2 aromatic rings. The van der Waals surface area contributed by atoms with Gasteiger partial charge < -0.3 is 14.6 Å². The highest BCUT2D eigenvalue weighted by Crippen LogP contribution is 2.21. The van der Waals surface area contributed by atoms with E-state index in [4.69, 9.17) is 9.26 Å². The van der Waals surface area contributed by atoms with Crippen molar-refractivity contribution >= 4 is 17.2 Å². The summed E-state index contributed by atoms with van der Waals surface area (Å²) in [6, 6.07) is 4.25. The van der Waals surface area contributed by atoms with Crippen molar-refractivity contribution in [2.24, 2.45) is 5.92 Å². The van der Waals surface area contributed by atoms with Crippen molar-refractivity contribution in [2.45, 2.75) is 39.2 Å². The van der Waals surface area contributed by atoms with Crippen molar-refractivity contribution < 1.29 is 14.1 Å². The molecule has 8 heteroatoms. The number of nitrogens with one attached hydrogen (secondary N) is 1. The van der Waals surface area contributed by atoms with E-state index >= 15 is 0 Å². The number of aryl methyl sites for hydroxylation is 1. The molecule has 148 valence electrons. The van der Waals surface area contributed by atoms with Crippen LogP contribution in [-0.2, 0) is 16.0 Å². The van der Waals surface area contributed by atoms with Gasteiger partial charge >= 0.3 is 0 Å². The lowest BCUT2D eigenvalue weighted by Gasteiger charge is -2.35. The van der Waals surface area contributed by atoms with E-state index in [2.05, 4.69) is 34.2 Å². The second-order valence-corrected chi connectivity index (χ2v) is 8.17. The molecule has 1 atom stereocenters. The van der Waals surface area contributed by atoms with Gasteiger partial charge in [-0.25, -0.2) is 0 Å². The van der Waals surface area contributed by atoms with Gasteiger partial charge in [0.1, 0.15) is 0 Å². The van der Waals surface area contributed by atoms with E-state index in [-0.39, 0.29) is 5.91 Å². The van der Waals surface area contributed by atoms with Gasteiger partial charge in [0.05, 0.1) is 18.1 Å². The number of nitrogens with zero attached hydrogens (tertiary/aromatic N) is 3. The smallest absolute Gasteiger partial charge is 0.227 e. The van der Waals surface area contributed by atoms with E-state index in [9.17, 15) is 4.79 Å². The van der Waals surface area contributed by atoms with Gasteiger partial charge in [0.15, 0.2) is 0 Å². The van der Waals surface area contributed by atoms with Gasteiger partial charge in [-0.05, 0) is 23.8 Å². The number of rotatable bonds is 9. The first-order valence-electron chi connectivity index (χ1n) is 9.56. The minimum atomic E-state index is 0.0212. The molecule has 1 unspecified atom stereocenters. The summed E-state index contributed by atoms with van der Waals surface area (Å²) in [6.45, 7) is 8.51. The molecule has 3 heterocycles. The Morgan fingerprint density at radius 1 is 1.37 bits per heavy atom. The summed E-state index contributed by atoms with van der Waals surface area (Å²) in [5.41, 5.74) is 0. The number of ether oxygens (including phenoxy) is 1. The average molecular weight is 393 g/mol. The second kappa shape index (κ2) is 9.96. The largest absolute Gasteiger partial charge is 0.379 e. The number of thiophene rings is 1. The molecular weight excluding hydrogens is 364 g/mol. The van der Waals surface area contributed by atoms with Crippen LogP contribution in [0.15, 0.2) is 22.0 Å². The van der Waals surface area contributed by atoms with Crippen molar-refractivity contribution in [3.8, 4) is 10.7 Å². The molecule has 7 nitrogen and oxygen atoms in total. The summed E-state index contributed by atoms with van der Waals surface area (Å²) in [4.78, 5) is 20.0. The van der Waals surface area contributed by atoms with Crippen LogP contribution in [0.25, 0.3) is 10.7 Å². The molecule has 1 saturated heterocycles. The summed E-state index contributed by atoms with van der Waals surface area (Å²) >= 11 is 1.57. The Bertz CT molecular complexity index is 696. The highest BCUT2D eigenvalue weighted by atomic mass is 32.1. The molecule has 1 N–H and O–H groups in total. The minimum Gasteiger partial charge on any atom is -0.379 e. The van der Waals surface area contributed by atoms with E-state index in [0.29, 0.717) is 43.1 Å². The van der Waals surface area contributed by atoms with Crippen LogP contribution in [0.1, 0.15) is 32.6 Å². The molecule has 3 rings (SSSR count). The third-order valence-corrected chi connectivity index (χ3v) is 5.48. The fraction of sp³-hybridized carbons (Fsp3) is 0.632. The minimum absolute atomic E-state index is 0.0212. The average Bonchev–Trinajstić information content (AvgIpc) is 3.35. The van der Waals surface area contributed by atoms with Gasteiger partial charge in [0.2, 0.25) is 17.6 Å². The third kappa shape index (κ3) is 6.12. The fourth-order valence-corrected chi connectivity index (χ4v) is 3.90. The summed E-state index contributed by atoms with van der Waals surface area (Å²) in [5.74, 6) is 1.70. The first-order chi connectivity index (χ1) is 13.1. The van der Waals surface area contributed by atoms with Crippen LogP contribution in [-0.4, -0.2) is 59.8 Å². The van der Waals surface area contributed by atoms with Gasteiger partial charge in [-0.2, -0.15) is 4.98 Å². The van der Waals surface area contributed by atoms with Crippen LogP contribution in [0.5, 0.6) is 0 Å². The van der Waals surface area contributed by atoms with Crippen LogP contribution in [0.4, 0.5) is 0 Å². The number of hydrogen-bond acceptors (Lipinski definition) is 7. The van der Waals surface area contributed by atoms with Gasteiger partial charge in [-0.3, -0.25) is 9.69 Å². The topological polar surface area (TPSA) is 80.5 Å². The Morgan fingerprint density at radius 3 is 2.89 bits per heavy atom. The normalized spacial score (nSPS) is 16.6. The summed E-state index contributed by atoms with van der Waals surface area (Å²) in [7, 11) is 0. The van der Waals surface area contributed by atoms with Gasteiger partial charge in [0.25, 0.3) is 0 Å². The van der Waals surface area contributed by atoms with Crippen LogP contribution in [0, 0.1) is 5.92 Å². The van der Waals surface area contributed by atoms with Gasteiger partial charge in [-0.15, -0.1) is 11.3 Å². The van der Waals surface area contributed by atoms with Crippen molar-refractivity contribution in [1.29, 1.82) is 0 Å². The highest BCUT2D eigenvalue weighted by Gasteiger charge is 2.22. The summed E-state index contributed by atoms with van der Waals surface area (Å²) in [6.07, 6.45) is 1.87. The van der Waals surface area contributed by atoms with E-state index in [1.54, 1.807) is 11.3 Å². The molecular formula is C19H28N4O3S. The van der Waals surface area contributed by atoms with Crippen LogP contribution < -0.4 is 5.32 Å². The van der Waals surface area contributed by atoms with Crippen LogP contribution in [0.3, 0.4) is 0 Å². The van der Waals surface area contributed by atoms with E-state index in [1.165, 1.54) is 0 Å². The molecule has 2 aromatic heterocycles. The number of aromatic nitrogens is 2. The molecule has 1 aliphatic heterocycles. The van der Waals surface area contributed by atoms with E-state index in [0.717, 1.165) is 37.6 Å². The zero-order valence-electron chi connectivity index (χ0n) is 16.0. The van der Waals surface area contributed by atoms with E-state index < -0.39 is 0 Å². The molecule has 1 amide bonds. The lowest BCUT2D eigenvalue weighted by Crippen LogP contribution is -2.49.